The van der Waals surface area contributed by atoms with Crippen molar-refractivity contribution in [3.05, 3.63) is 52.3 Å². The molecule has 2 heterocycles. The number of anilines is 1. The number of benzene rings is 2. The fourth-order valence-corrected chi connectivity index (χ4v) is 4.77. The van der Waals surface area contributed by atoms with E-state index in [-0.39, 0.29) is 18.3 Å². The molecule has 1 N–H and O–H groups in total. The topological polar surface area (TPSA) is 68.3 Å². The minimum atomic E-state index is -0.312. The predicted molar refractivity (Wildman–Crippen MR) is 110 cm³/mol. The quantitative estimate of drug-likeness (QED) is 0.480. The number of amides is 1. The average molecular weight is 396 g/mol. The number of nitrogens with zero attached hydrogens (tertiary/aromatic N) is 1. The summed E-state index contributed by atoms with van der Waals surface area (Å²) in [6, 6.07) is 10.9. The molecule has 7 heteroatoms. The molecule has 0 atom stereocenters. The Hall–Kier alpha value is -2.77. The summed E-state index contributed by atoms with van der Waals surface area (Å²) in [5, 5.41) is 6.70. The molecule has 0 aliphatic rings. The van der Waals surface area contributed by atoms with Crippen molar-refractivity contribution in [3.8, 4) is 5.75 Å². The van der Waals surface area contributed by atoms with Crippen LogP contribution in [0.2, 0.25) is 0 Å². The lowest BCUT2D eigenvalue weighted by molar-refractivity contribution is -0.118. The fraction of sp³-hybridized carbons (Fsp3) is 0.150. The minimum Gasteiger partial charge on any atom is -0.483 e. The van der Waals surface area contributed by atoms with Crippen molar-refractivity contribution in [3.63, 3.8) is 0 Å². The number of ketones is 1. The zero-order valence-corrected chi connectivity index (χ0v) is 16.4. The monoisotopic (exact) mass is 396 g/mol. The van der Waals surface area contributed by atoms with E-state index in [2.05, 4.69) is 10.3 Å². The molecule has 0 aliphatic heterocycles. The van der Waals surface area contributed by atoms with Crippen molar-refractivity contribution in [2.75, 3.05) is 11.9 Å². The summed E-state index contributed by atoms with van der Waals surface area (Å²) in [5.41, 5.74) is 1.95. The van der Waals surface area contributed by atoms with E-state index in [0.717, 1.165) is 25.3 Å². The molecule has 0 saturated heterocycles. The molecule has 1 amide bonds. The van der Waals surface area contributed by atoms with Crippen LogP contribution >= 0.6 is 22.7 Å². The van der Waals surface area contributed by atoms with Crippen LogP contribution in [0.25, 0.3) is 20.3 Å². The number of ether oxygens (including phenoxy) is 1. The third-order valence-corrected chi connectivity index (χ3v) is 5.95. The van der Waals surface area contributed by atoms with Gasteiger partial charge in [-0.15, -0.1) is 22.7 Å². The predicted octanol–water partition coefficient (Wildman–Crippen LogP) is 5.04. The number of aryl methyl sites for hydroxylation is 1. The molecule has 2 aromatic carbocycles. The van der Waals surface area contributed by atoms with Crippen LogP contribution in [0.4, 0.5) is 5.69 Å². The van der Waals surface area contributed by atoms with Gasteiger partial charge in [0.15, 0.2) is 12.4 Å². The van der Waals surface area contributed by atoms with Gasteiger partial charge in [0.1, 0.15) is 5.75 Å². The number of carbonyl (C=O) groups is 2. The summed E-state index contributed by atoms with van der Waals surface area (Å²) in [6.45, 7) is 3.31. The van der Waals surface area contributed by atoms with Gasteiger partial charge in [0.2, 0.25) is 0 Å². The molecule has 0 bridgehead atoms. The molecule has 27 heavy (non-hydrogen) atoms. The van der Waals surface area contributed by atoms with E-state index < -0.39 is 0 Å². The van der Waals surface area contributed by atoms with Crippen LogP contribution in [-0.2, 0) is 4.79 Å². The first-order valence-electron chi connectivity index (χ1n) is 8.33. The molecule has 4 rings (SSSR count). The molecule has 2 aromatic heterocycles. The summed E-state index contributed by atoms with van der Waals surface area (Å²) >= 11 is 3.22. The number of nitrogens with one attached hydrogen (secondary N) is 1. The van der Waals surface area contributed by atoms with Crippen LogP contribution in [0, 0.1) is 6.92 Å². The summed E-state index contributed by atoms with van der Waals surface area (Å²) in [5.74, 6) is 0.253. The number of rotatable bonds is 5. The molecule has 5 nitrogen and oxygen atoms in total. The largest absolute Gasteiger partial charge is 0.483 e. The minimum absolute atomic E-state index is 0.0992. The van der Waals surface area contributed by atoms with Crippen molar-refractivity contribution in [1.82, 2.24) is 4.98 Å². The van der Waals surface area contributed by atoms with Crippen molar-refractivity contribution < 1.29 is 14.3 Å². The number of hydrogen-bond donors (Lipinski definition) is 1. The number of aromatic nitrogens is 1. The second kappa shape index (κ2) is 7.09. The van der Waals surface area contributed by atoms with Crippen molar-refractivity contribution in [2.24, 2.45) is 0 Å². The fourth-order valence-electron chi connectivity index (χ4n) is 2.93. The number of para-hydroxylation sites is 1. The Morgan fingerprint density at radius 2 is 2.04 bits per heavy atom. The summed E-state index contributed by atoms with van der Waals surface area (Å²) in [4.78, 5) is 28.6. The molecule has 0 fully saturated rings. The van der Waals surface area contributed by atoms with E-state index in [0.29, 0.717) is 17.0 Å². The molecular weight excluding hydrogens is 380 g/mol. The number of thiophene rings is 1. The molecule has 0 aliphatic carbocycles. The first-order chi connectivity index (χ1) is 13.0. The highest BCUT2D eigenvalue weighted by Gasteiger charge is 2.14. The molecule has 4 aromatic rings. The number of thiazole rings is 1. The number of hydrogen-bond acceptors (Lipinski definition) is 6. The standard InChI is InChI=1S/C20H16N2O3S2/c1-11(23)13-5-3-4-6-15(13)22-18(24)10-25-16-9-17-19(21-12(2)27-17)20-14(16)7-8-26-20/h3-9H,10H2,1-2H3,(H,22,24). The van der Waals surface area contributed by atoms with Gasteiger partial charge in [-0.2, -0.15) is 0 Å². The van der Waals surface area contributed by atoms with Gasteiger partial charge in [-0.05, 0) is 37.4 Å². The highest BCUT2D eigenvalue weighted by Crippen LogP contribution is 2.38. The first-order valence-corrected chi connectivity index (χ1v) is 10.0. The Morgan fingerprint density at radius 3 is 2.85 bits per heavy atom. The summed E-state index contributed by atoms with van der Waals surface area (Å²) in [6.07, 6.45) is 0. The van der Waals surface area contributed by atoms with Crippen LogP contribution in [-0.4, -0.2) is 23.3 Å². The second-order valence-corrected chi connectivity index (χ2v) is 8.21. The average Bonchev–Trinajstić information content (AvgIpc) is 3.25. The van der Waals surface area contributed by atoms with Gasteiger partial charge < -0.3 is 10.1 Å². The van der Waals surface area contributed by atoms with E-state index in [1.54, 1.807) is 46.9 Å². The maximum atomic E-state index is 12.3. The van der Waals surface area contributed by atoms with Crippen LogP contribution < -0.4 is 10.1 Å². The highest BCUT2D eigenvalue weighted by molar-refractivity contribution is 7.21. The Bertz CT molecular complexity index is 1180. The lowest BCUT2D eigenvalue weighted by atomic mass is 10.1. The number of Topliss-reactive ketones (excluding diaryl/α,β-unsaturated/α-hetero) is 1. The Kier molecular flexibility index (Phi) is 4.63. The second-order valence-electron chi connectivity index (χ2n) is 6.06. The van der Waals surface area contributed by atoms with Crippen LogP contribution in [0.3, 0.4) is 0 Å². The van der Waals surface area contributed by atoms with Gasteiger partial charge in [-0.3, -0.25) is 9.59 Å². The van der Waals surface area contributed by atoms with E-state index in [1.165, 1.54) is 6.92 Å². The third-order valence-electron chi connectivity index (χ3n) is 4.11. The first kappa shape index (κ1) is 17.6. The van der Waals surface area contributed by atoms with Crippen LogP contribution in [0.1, 0.15) is 22.3 Å². The lowest BCUT2D eigenvalue weighted by Crippen LogP contribution is -2.21. The van der Waals surface area contributed by atoms with Gasteiger partial charge in [-0.1, -0.05) is 12.1 Å². The summed E-state index contributed by atoms with van der Waals surface area (Å²) < 4.78 is 7.92. The van der Waals surface area contributed by atoms with E-state index >= 15 is 0 Å². The van der Waals surface area contributed by atoms with Gasteiger partial charge in [0.25, 0.3) is 5.91 Å². The molecule has 0 radical (unpaired) electrons. The van der Waals surface area contributed by atoms with Crippen molar-refractivity contribution in [1.29, 1.82) is 0 Å². The maximum absolute atomic E-state index is 12.3. The Balaban J connectivity index is 1.55. The zero-order valence-electron chi connectivity index (χ0n) is 14.7. The van der Waals surface area contributed by atoms with E-state index in [9.17, 15) is 9.59 Å². The molecule has 0 unspecified atom stereocenters. The molecule has 0 spiro atoms. The zero-order chi connectivity index (χ0) is 19.0. The third kappa shape index (κ3) is 3.43. The van der Waals surface area contributed by atoms with Gasteiger partial charge >= 0.3 is 0 Å². The Morgan fingerprint density at radius 1 is 1.22 bits per heavy atom. The van der Waals surface area contributed by atoms with Gasteiger partial charge in [0.05, 0.1) is 25.6 Å². The van der Waals surface area contributed by atoms with E-state index in [1.807, 2.05) is 24.4 Å². The Labute approximate surface area is 163 Å². The molecular formula is C20H16N2O3S2. The van der Waals surface area contributed by atoms with Crippen molar-refractivity contribution >= 4 is 60.4 Å². The number of fused-ring (bicyclic) bond motifs is 3. The molecule has 0 saturated carbocycles. The van der Waals surface area contributed by atoms with Crippen LogP contribution in [0.5, 0.6) is 5.75 Å². The maximum Gasteiger partial charge on any atom is 0.262 e. The smallest absolute Gasteiger partial charge is 0.262 e. The van der Waals surface area contributed by atoms with Gasteiger partial charge in [0, 0.05) is 17.0 Å². The normalized spacial score (nSPS) is 11.0. The van der Waals surface area contributed by atoms with E-state index in [4.69, 9.17) is 4.74 Å². The lowest BCUT2D eigenvalue weighted by Gasteiger charge is -2.11. The number of carbonyl (C=O) groups excluding carboxylic acids is 2. The molecule has 136 valence electrons. The highest BCUT2D eigenvalue weighted by atomic mass is 32.1. The van der Waals surface area contributed by atoms with Crippen LogP contribution in [0.15, 0.2) is 41.8 Å². The SMILES string of the molecule is CC(=O)c1ccccc1NC(=O)COc1cc2sc(C)nc2c2sccc12. The summed E-state index contributed by atoms with van der Waals surface area (Å²) in [7, 11) is 0. The van der Waals surface area contributed by atoms with Crippen molar-refractivity contribution in [2.45, 2.75) is 13.8 Å². The van der Waals surface area contributed by atoms with Gasteiger partial charge in [-0.25, -0.2) is 4.98 Å².